The Hall–Kier alpha value is -0.0800. The zero-order valence-corrected chi connectivity index (χ0v) is 12.7. The molecule has 2 fully saturated rings. The molecule has 2 atom stereocenters. The summed E-state index contributed by atoms with van der Waals surface area (Å²) in [5.74, 6) is 0. The lowest BCUT2D eigenvalue weighted by atomic mass is 9.81. The molecular weight excluding hydrogens is 220 g/mol. The molecule has 0 saturated carbocycles. The second-order valence-electron chi connectivity index (χ2n) is 6.68. The maximum atomic E-state index is 3.83. The van der Waals surface area contributed by atoms with Crippen LogP contribution in [0.2, 0.25) is 0 Å². The summed E-state index contributed by atoms with van der Waals surface area (Å²) in [6, 6.07) is 1.59. The van der Waals surface area contributed by atoms with Crippen LogP contribution < -0.4 is 5.32 Å². The molecular formula is C16H32N2. The molecule has 2 saturated heterocycles. The molecule has 2 aliphatic rings. The van der Waals surface area contributed by atoms with Crippen LogP contribution in [-0.2, 0) is 0 Å². The summed E-state index contributed by atoms with van der Waals surface area (Å²) >= 11 is 0. The van der Waals surface area contributed by atoms with Gasteiger partial charge < -0.3 is 5.32 Å². The lowest BCUT2D eigenvalue weighted by Gasteiger charge is -2.40. The molecule has 18 heavy (non-hydrogen) atoms. The van der Waals surface area contributed by atoms with Crippen molar-refractivity contribution in [2.75, 3.05) is 13.1 Å². The van der Waals surface area contributed by atoms with Gasteiger partial charge in [0, 0.05) is 17.6 Å². The zero-order valence-electron chi connectivity index (χ0n) is 12.7. The van der Waals surface area contributed by atoms with E-state index < -0.39 is 0 Å². The standard InChI is InChI=1S/C16H32N2/c1-4-16(10-5-6-12-17-16)11-9-15-8-7-13-18(15)14(2)3/h14-15,17H,4-13H2,1-3H3. The molecule has 2 nitrogen and oxygen atoms in total. The molecule has 2 aliphatic heterocycles. The van der Waals surface area contributed by atoms with E-state index in [2.05, 4.69) is 31.0 Å². The van der Waals surface area contributed by atoms with Crippen molar-refractivity contribution in [2.24, 2.45) is 0 Å². The second-order valence-corrected chi connectivity index (χ2v) is 6.68. The topological polar surface area (TPSA) is 15.3 Å². The summed E-state index contributed by atoms with van der Waals surface area (Å²) in [5.41, 5.74) is 0.476. The molecule has 2 heteroatoms. The van der Waals surface area contributed by atoms with E-state index in [1.54, 1.807) is 0 Å². The normalized spacial score (nSPS) is 34.3. The Bertz CT molecular complexity index is 243. The van der Waals surface area contributed by atoms with Crippen LogP contribution in [0, 0.1) is 0 Å². The van der Waals surface area contributed by atoms with Crippen LogP contribution in [0.4, 0.5) is 0 Å². The van der Waals surface area contributed by atoms with E-state index in [0.29, 0.717) is 5.54 Å². The van der Waals surface area contributed by atoms with Gasteiger partial charge in [-0.15, -0.1) is 0 Å². The van der Waals surface area contributed by atoms with E-state index in [-0.39, 0.29) is 0 Å². The smallest absolute Gasteiger partial charge is 0.0179 e. The van der Waals surface area contributed by atoms with Crippen LogP contribution in [-0.4, -0.2) is 35.6 Å². The summed E-state index contributed by atoms with van der Waals surface area (Å²) in [6.45, 7) is 9.65. The first-order chi connectivity index (χ1) is 8.67. The number of piperidine rings is 1. The molecule has 2 heterocycles. The highest BCUT2D eigenvalue weighted by atomic mass is 15.2. The van der Waals surface area contributed by atoms with Crippen LogP contribution in [0.25, 0.3) is 0 Å². The van der Waals surface area contributed by atoms with Gasteiger partial charge in [0.25, 0.3) is 0 Å². The molecule has 1 N–H and O–H groups in total. The Kier molecular flexibility index (Phi) is 5.08. The van der Waals surface area contributed by atoms with E-state index in [0.717, 1.165) is 12.1 Å². The number of nitrogens with zero attached hydrogens (tertiary/aromatic N) is 1. The van der Waals surface area contributed by atoms with E-state index in [4.69, 9.17) is 0 Å². The Morgan fingerprint density at radius 1 is 1.28 bits per heavy atom. The summed E-state index contributed by atoms with van der Waals surface area (Å²) in [7, 11) is 0. The van der Waals surface area contributed by atoms with Crippen molar-refractivity contribution < 1.29 is 0 Å². The van der Waals surface area contributed by atoms with Gasteiger partial charge in [-0.1, -0.05) is 13.3 Å². The molecule has 2 unspecified atom stereocenters. The maximum absolute atomic E-state index is 3.83. The quantitative estimate of drug-likeness (QED) is 0.805. The number of hydrogen-bond acceptors (Lipinski definition) is 2. The molecule has 0 amide bonds. The average molecular weight is 252 g/mol. The van der Waals surface area contributed by atoms with Gasteiger partial charge in [0.1, 0.15) is 0 Å². The highest BCUT2D eigenvalue weighted by Crippen LogP contribution is 2.31. The fourth-order valence-corrected chi connectivity index (χ4v) is 4.01. The maximum Gasteiger partial charge on any atom is 0.0179 e. The molecule has 106 valence electrons. The minimum absolute atomic E-state index is 0.476. The van der Waals surface area contributed by atoms with Crippen molar-refractivity contribution in [3.8, 4) is 0 Å². The molecule has 0 aromatic rings. The number of hydrogen-bond donors (Lipinski definition) is 1. The van der Waals surface area contributed by atoms with Gasteiger partial charge in [0.05, 0.1) is 0 Å². The third-order valence-corrected chi connectivity index (χ3v) is 5.30. The first-order valence-electron chi connectivity index (χ1n) is 8.18. The Balaban J connectivity index is 1.85. The molecule has 0 aliphatic carbocycles. The zero-order chi connectivity index (χ0) is 13.0. The summed E-state index contributed by atoms with van der Waals surface area (Å²) in [6.07, 6.45) is 11.1. The van der Waals surface area contributed by atoms with Crippen molar-refractivity contribution in [2.45, 2.75) is 89.8 Å². The van der Waals surface area contributed by atoms with Crippen molar-refractivity contribution in [1.29, 1.82) is 0 Å². The van der Waals surface area contributed by atoms with Gasteiger partial charge in [-0.25, -0.2) is 0 Å². The molecule has 2 rings (SSSR count). The first kappa shape index (κ1) is 14.3. The van der Waals surface area contributed by atoms with Gasteiger partial charge >= 0.3 is 0 Å². The first-order valence-corrected chi connectivity index (χ1v) is 8.18. The fraction of sp³-hybridized carbons (Fsp3) is 1.00. The molecule has 0 aromatic heterocycles. The number of rotatable bonds is 5. The number of likely N-dealkylation sites (tertiary alicyclic amines) is 1. The summed E-state index contributed by atoms with van der Waals surface area (Å²) in [5, 5.41) is 3.83. The Labute approximate surface area is 114 Å². The number of nitrogens with one attached hydrogen (secondary N) is 1. The largest absolute Gasteiger partial charge is 0.311 e. The van der Waals surface area contributed by atoms with Crippen LogP contribution in [0.5, 0.6) is 0 Å². The molecule has 0 bridgehead atoms. The van der Waals surface area contributed by atoms with Gasteiger partial charge in [0.2, 0.25) is 0 Å². The average Bonchev–Trinajstić information content (AvgIpc) is 2.86. The van der Waals surface area contributed by atoms with Gasteiger partial charge in [-0.2, -0.15) is 0 Å². The van der Waals surface area contributed by atoms with Crippen molar-refractivity contribution in [3.05, 3.63) is 0 Å². The van der Waals surface area contributed by atoms with Gasteiger partial charge in [-0.3, -0.25) is 4.90 Å². The third kappa shape index (κ3) is 3.27. The monoisotopic (exact) mass is 252 g/mol. The predicted molar refractivity (Wildman–Crippen MR) is 79.0 cm³/mol. The van der Waals surface area contributed by atoms with E-state index in [1.807, 2.05) is 0 Å². The van der Waals surface area contributed by atoms with Crippen molar-refractivity contribution in [3.63, 3.8) is 0 Å². The lowest BCUT2D eigenvalue weighted by molar-refractivity contribution is 0.160. The predicted octanol–water partition coefficient (Wildman–Crippen LogP) is 3.56. The van der Waals surface area contributed by atoms with Crippen molar-refractivity contribution >= 4 is 0 Å². The van der Waals surface area contributed by atoms with Gasteiger partial charge in [-0.05, 0) is 71.9 Å². The fourth-order valence-electron chi connectivity index (χ4n) is 4.01. The van der Waals surface area contributed by atoms with Crippen LogP contribution in [0.15, 0.2) is 0 Å². The third-order valence-electron chi connectivity index (χ3n) is 5.30. The minimum atomic E-state index is 0.476. The van der Waals surface area contributed by atoms with Crippen LogP contribution in [0.3, 0.4) is 0 Å². The van der Waals surface area contributed by atoms with Crippen LogP contribution in [0.1, 0.15) is 72.1 Å². The van der Waals surface area contributed by atoms with E-state index >= 15 is 0 Å². The summed E-state index contributed by atoms with van der Waals surface area (Å²) < 4.78 is 0. The molecule has 0 aromatic carbocycles. The highest BCUT2D eigenvalue weighted by molar-refractivity contribution is 4.92. The lowest BCUT2D eigenvalue weighted by Crippen LogP contribution is -2.49. The highest BCUT2D eigenvalue weighted by Gasteiger charge is 2.33. The summed E-state index contributed by atoms with van der Waals surface area (Å²) in [4.78, 5) is 2.73. The van der Waals surface area contributed by atoms with Crippen molar-refractivity contribution in [1.82, 2.24) is 10.2 Å². The Morgan fingerprint density at radius 3 is 2.72 bits per heavy atom. The van der Waals surface area contributed by atoms with E-state index in [9.17, 15) is 0 Å². The SMILES string of the molecule is CCC1(CCC2CCCN2C(C)C)CCCCN1. The Morgan fingerprint density at radius 2 is 2.11 bits per heavy atom. The molecule has 0 spiro atoms. The van der Waals surface area contributed by atoms with E-state index in [1.165, 1.54) is 64.5 Å². The second kappa shape index (κ2) is 6.38. The molecule has 0 radical (unpaired) electrons. The van der Waals surface area contributed by atoms with Crippen LogP contribution >= 0.6 is 0 Å². The van der Waals surface area contributed by atoms with Gasteiger partial charge in [0.15, 0.2) is 0 Å². The minimum Gasteiger partial charge on any atom is -0.311 e.